The molecule has 2 saturated heterocycles. The third-order valence-corrected chi connectivity index (χ3v) is 13.4. The SMILES string of the molecule is Cc1ncoc1-c1ccc([C@H](C)NC(=O)[C@@H]2C[C@@H](O)CN2C(=O)[C@@H](NC(=O)COCCCCNc2ccc(-c3ccc(N4C(=S)N(c5ccc(C#N)c(C(F)(F)F)c5)C(=O)C4(C)C)cc3)cc2)C(C)(C)C)cc1. The van der Waals surface area contributed by atoms with Crippen LogP contribution in [0.25, 0.3) is 22.5 Å². The molecule has 0 radical (unpaired) electrons. The molecule has 4 atom stereocenters. The van der Waals surface area contributed by atoms with Crippen LogP contribution in [0.5, 0.6) is 0 Å². The number of carbonyl (C=O) groups is 4. The van der Waals surface area contributed by atoms with Crippen LogP contribution in [-0.2, 0) is 30.1 Å². The number of hydrogen-bond acceptors (Lipinski definition) is 11. The number of nitriles is 1. The molecule has 0 saturated carbocycles. The van der Waals surface area contributed by atoms with Gasteiger partial charge in [-0.1, -0.05) is 69.3 Å². The number of nitrogens with zero attached hydrogens (tertiary/aromatic N) is 5. The number of unbranched alkanes of at least 4 members (excludes halogenated alkanes) is 1. The van der Waals surface area contributed by atoms with Crippen LogP contribution in [0.4, 0.5) is 30.2 Å². The third-order valence-electron chi connectivity index (χ3n) is 13.0. The molecule has 0 spiro atoms. The number of ether oxygens (including phenoxy) is 1. The van der Waals surface area contributed by atoms with Crippen molar-refractivity contribution in [2.75, 3.05) is 41.4 Å². The van der Waals surface area contributed by atoms with Gasteiger partial charge in [0.2, 0.25) is 17.7 Å². The molecule has 0 aliphatic carbocycles. The quantitative estimate of drug-likeness (QED) is 0.0512. The van der Waals surface area contributed by atoms with E-state index in [2.05, 4.69) is 20.9 Å². The second kappa shape index (κ2) is 21.9. The van der Waals surface area contributed by atoms with Gasteiger partial charge in [-0.25, -0.2) is 4.98 Å². The Hall–Kier alpha value is -7.14. The van der Waals surface area contributed by atoms with Crippen LogP contribution in [-0.4, -0.2) is 93.8 Å². The Balaban J connectivity index is 0.847. The van der Waals surface area contributed by atoms with E-state index in [4.69, 9.17) is 21.4 Å². The number of rotatable bonds is 17. The molecule has 1 aromatic heterocycles. The van der Waals surface area contributed by atoms with Gasteiger partial charge in [-0.2, -0.15) is 18.4 Å². The number of β-amino-alcohol motifs (C(OH)–C–C–N with tert-alkyl or cyclic N) is 1. The first-order valence-corrected chi connectivity index (χ1v) is 24.3. The van der Waals surface area contributed by atoms with Crippen molar-refractivity contribution in [1.29, 1.82) is 5.26 Å². The first kappa shape index (κ1) is 53.7. The molecule has 384 valence electrons. The maximum absolute atomic E-state index is 14.1. The van der Waals surface area contributed by atoms with Crippen LogP contribution in [0.3, 0.4) is 0 Å². The van der Waals surface area contributed by atoms with Crippen molar-refractivity contribution in [1.82, 2.24) is 20.5 Å². The molecule has 5 aromatic rings. The van der Waals surface area contributed by atoms with Gasteiger partial charge in [-0.05, 0) is 117 Å². The second-order valence-electron chi connectivity index (χ2n) is 19.8. The molecule has 0 unspecified atom stereocenters. The molecule has 0 bridgehead atoms. The van der Waals surface area contributed by atoms with Gasteiger partial charge in [0.05, 0.1) is 40.7 Å². The molecule has 2 aliphatic heterocycles. The summed E-state index contributed by atoms with van der Waals surface area (Å²) in [4.78, 5) is 62.7. The summed E-state index contributed by atoms with van der Waals surface area (Å²) in [5.74, 6) is -1.20. The molecule has 2 fully saturated rings. The highest BCUT2D eigenvalue weighted by molar-refractivity contribution is 7.81. The van der Waals surface area contributed by atoms with Crippen molar-refractivity contribution in [3.05, 3.63) is 120 Å². The predicted molar refractivity (Wildman–Crippen MR) is 274 cm³/mol. The van der Waals surface area contributed by atoms with Crippen LogP contribution >= 0.6 is 12.2 Å². The molecule has 7 rings (SSSR count). The highest BCUT2D eigenvalue weighted by Crippen LogP contribution is 2.40. The Morgan fingerprint density at radius 1 is 0.945 bits per heavy atom. The summed E-state index contributed by atoms with van der Waals surface area (Å²) in [5, 5.41) is 29.1. The van der Waals surface area contributed by atoms with Gasteiger partial charge in [0.25, 0.3) is 5.91 Å². The van der Waals surface area contributed by atoms with Gasteiger partial charge in [-0.3, -0.25) is 24.1 Å². The van der Waals surface area contributed by atoms with Crippen molar-refractivity contribution in [2.45, 2.75) is 104 Å². The maximum Gasteiger partial charge on any atom is 0.417 e. The van der Waals surface area contributed by atoms with E-state index < -0.39 is 76.1 Å². The molecule has 19 heteroatoms. The van der Waals surface area contributed by atoms with Crippen molar-refractivity contribution in [3.8, 4) is 28.5 Å². The van der Waals surface area contributed by atoms with Gasteiger partial charge in [0, 0.05) is 43.1 Å². The molecule has 15 nitrogen and oxygen atoms in total. The summed E-state index contributed by atoms with van der Waals surface area (Å²) < 4.78 is 52.5. The zero-order valence-corrected chi connectivity index (χ0v) is 42.5. The molecular formula is C54H59F3N8O7S. The van der Waals surface area contributed by atoms with Crippen molar-refractivity contribution >= 4 is 58.0 Å². The van der Waals surface area contributed by atoms with Gasteiger partial charge >= 0.3 is 6.18 Å². The second-order valence-corrected chi connectivity index (χ2v) is 20.2. The number of oxazole rings is 1. The van der Waals surface area contributed by atoms with Crippen LogP contribution in [0, 0.1) is 23.7 Å². The van der Waals surface area contributed by atoms with E-state index in [0.717, 1.165) is 57.1 Å². The molecule has 2 aliphatic rings. The topological polar surface area (TPSA) is 193 Å². The Labute approximate surface area is 427 Å². The van der Waals surface area contributed by atoms with Gasteiger partial charge in [-0.15, -0.1) is 0 Å². The minimum absolute atomic E-state index is 0.00938. The molecule has 4 N–H and O–H groups in total. The molecule has 4 aromatic carbocycles. The summed E-state index contributed by atoms with van der Waals surface area (Å²) in [6, 6.07) is 25.0. The fourth-order valence-corrected chi connectivity index (χ4v) is 9.51. The van der Waals surface area contributed by atoms with Crippen molar-refractivity contribution in [3.63, 3.8) is 0 Å². The average molecular weight is 1020 g/mol. The van der Waals surface area contributed by atoms with Crippen molar-refractivity contribution < 1.29 is 46.6 Å². The number of halogens is 3. The monoisotopic (exact) mass is 1020 g/mol. The fourth-order valence-electron chi connectivity index (χ4n) is 8.99. The number of anilines is 3. The lowest BCUT2D eigenvalue weighted by molar-refractivity contribution is -0.144. The normalized spacial score (nSPS) is 17.6. The third kappa shape index (κ3) is 12.0. The number of aliphatic hydroxyl groups excluding tert-OH is 1. The highest BCUT2D eigenvalue weighted by atomic mass is 32.1. The summed E-state index contributed by atoms with van der Waals surface area (Å²) in [6.45, 7) is 13.1. The number of aromatic nitrogens is 1. The standard InChI is InChI=1S/C54H59F3N8O7S/c1-32(34-10-12-37(13-11-34)46-33(2)60-31-72-46)61-48(68)44-27-42(66)29-63(44)49(69)47(52(3,4)5)62-45(67)30-71-25-9-8-24-59-39-19-14-35(15-20-39)36-16-21-40(22-17-36)65-51(73)64(50(70)53(65,6)7)41-23-18-38(28-58)43(26-41)54(55,56)57/h10-23,26,31-32,42,44,47,59,66H,8-9,24-25,27,29-30H2,1-7H3,(H,61,68)(H,62,67)/t32-,42+,44-,47+/m0/s1. The van der Waals surface area contributed by atoms with Gasteiger partial charge in [0.15, 0.2) is 17.3 Å². The van der Waals surface area contributed by atoms with Gasteiger partial charge in [0.1, 0.15) is 24.2 Å². The maximum atomic E-state index is 14.1. The van der Waals surface area contributed by atoms with Crippen LogP contribution < -0.4 is 25.8 Å². The van der Waals surface area contributed by atoms with E-state index in [1.54, 1.807) is 36.9 Å². The lowest BCUT2D eigenvalue weighted by Gasteiger charge is -2.35. The molecule has 3 heterocycles. The van der Waals surface area contributed by atoms with Crippen LogP contribution in [0.15, 0.2) is 102 Å². The number of aliphatic hydroxyl groups is 1. The highest BCUT2D eigenvalue weighted by Gasteiger charge is 2.51. The molecular weight excluding hydrogens is 962 g/mol. The van der Waals surface area contributed by atoms with Gasteiger partial charge < -0.3 is 40.0 Å². The van der Waals surface area contributed by atoms with E-state index in [1.807, 2.05) is 95.3 Å². The first-order chi connectivity index (χ1) is 34.5. The average Bonchev–Trinajstić information content (AvgIpc) is 4.01. The van der Waals surface area contributed by atoms with Crippen molar-refractivity contribution in [2.24, 2.45) is 5.41 Å². The lowest BCUT2D eigenvalue weighted by Crippen LogP contribution is -2.58. The largest absolute Gasteiger partial charge is 0.443 e. The number of hydrogen-bond donors (Lipinski definition) is 4. The number of aryl methyl sites for hydroxylation is 1. The zero-order chi connectivity index (χ0) is 53.0. The van der Waals surface area contributed by atoms with E-state index in [9.17, 15) is 42.7 Å². The summed E-state index contributed by atoms with van der Waals surface area (Å²) in [6.07, 6.45) is -2.87. The minimum atomic E-state index is -4.80. The Morgan fingerprint density at radius 3 is 2.18 bits per heavy atom. The van der Waals surface area contributed by atoms with E-state index in [0.29, 0.717) is 31.0 Å². The Kier molecular flexibility index (Phi) is 16.1. The summed E-state index contributed by atoms with van der Waals surface area (Å²) in [5.41, 5.74) is 1.99. The predicted octanol–water partition coefficient (Wildman–Crippen LogP) is 8.70. The minimum Gasteiger partial charge on any atom is -0.443 e. The Bertz CT molecular complexity index is 2880. The van der Waals surface area contributed by atoms with E-state index in [1.165, 1.54) is 17.4 Å². The van der Waals surface area contributed by atoms with E-state index in [-0.39, 0.29) is 30.4 Å². The number of carbonyl (C=O) groups excluding carboxylic acids is 4. The van der Waals surface area contributed by atoms with E-state index >= 15 is 0 Å². The summed E-state index contributed by atoms with van der Waals surface area (Å²) in [7, 11) is 0. The molecule has 73 heavy (non-hydrogen) atoms. The van der Waals surface area contributed by atoms with Crippen LogP contribution in [0.2, 0.25) is 0 Å². The zero-order valence-electron chi connectivity index (χ0n) is 41.7. The number of likely N-dealkylation sites (tertiary alicyclic amines) is 1. The number of alkyl halides is 3. The smallest absolute Gasteiger partial charge is 0.417 e. The number of benzene rings is 4. The first-order valence-electron chi connectivity index (χ1n) is 23.9. The molecule has 4 amide bonds. The number of nitrogens with one attached hydrogen (secondary N) is 3. The fraction of sp³-hybridized carbons (Fsp3) is 0.389. The lowest BCUT2D eigenvalue weighted by atomic mass is 9.85. The van der Waals surface area contributed by atoms with Crippen LogP contribution in [0.1, 0.15) is 89.2 Å². The Morgan fingerprint density at radius 2 is 1.58 bits per heavy atom. The number of amides is 4. The number of thiocarbonyl (C=S) groups is 1. The summed E-state index contributed by atoms with van der Waals surface area (Å²) >= 11 is 5.68.